The van der Waals surface area contributed by atoms with Gasteiger partial charge in [-0.05, 0) is 72.9 Å². The van der Waals surface area contributed by atoms with Crippen molar-refractivity contribution >= 4 is 5.91 Å². The van der Waals surface area contributed by atoms with E-state index in [-0.39, 0.29) is 17.1 Å². The molecule has 1 N–H and O–H groups in total. The number of nitrogens with zero attached hydrogens (tertiary/aromatic N) is 1. The highest BCUT2D eigenvalue weighted by atomic mass is 16.5. The maximum absolute atomic E-state index is 10.9. The zero-order chi connectivity index (χ0) is 18.2. The van der Waals surface area contributed by atoms with Gasteiger partial charge in [-0.1, -0.05) is 0 Å². The molecule has 1 rings (SSSR count). The van der Waals surface area contributed by atoms with E-state index >= 15 is 0 Å². The quantitative estimate of drug-likeness (QED) is 0.663. The van der Waals surface area contributed by atoms with Gasteiger partial charge in [-0.15, -0.1) is 0 Å². The molecule has 1 heterocycles. The van der Waals surface area contributed by atoms with Gasteiger partial charge in [-0.2, -0.15) is 0 Å². The molecule has 24 heavy (non-hydrogen) atoms. The smallest absolute Gasteiger partial charge is 0.216 e. The standard InChI is InChI=1S/C19H38N2O3/c1-16(22)20-11-9-18(2,3)23-13-10-19(4,5)24-15-17-8-7-12-21(6)14-17/h17H,7-15H2,1-6H3,(H,20,22). The lowest BCUT2D eigenvalue weighted by molar-refractivity contribution is -0.119. The fourth-order valence-corrected chi connectivity index (χ4v) is 3.01. The van der Waals surface area contributed by atoms with Crippen molar-refractivity contribution in [3.8, 4) is 0 Å². The lowest BCUT2D eigenvalue weighted by Crippen LogP contribution is -2.37. The molecule has 0 saturated carbocycles. The Morgan fingerprint density at radius 2 is 1.83 bits per heavy atom. The number of nitrogens with one attached hydrogen (secondary N) is 1. The van der Waals surface area contributed by atoms with Crippen LogP contribution in [-0.4, -0.2) is 61.9 Å². The van der Waals surface area contributed by atoms with Crippen LogP contribution in [0.3, 0.4) is 0 Å². The fourth-order valence-electron chi connectivity index (χ4n) is 3.01. The first kappa shape index (κ1) is 21.4. The van der Waals surface area contributed by atoms with E-state index in [4.69, 9.17) is 9.47 Å². The fraction of sp³-hybridized carbons (Fsp3) is 0.947. The van der Waals surface area contributed by atoms with Crippen LogP contribution in [0.25, 0.3) is 0 Å². The average Bonchev–Trinajstić information content (AvgIpc) is 2.44. The van der Waals surface area contributed by atoms with Crippen molar-refractivity contribution in [3.05, 3.63) is 0 Å². The molecule has 1 unspecified atom stereocenters. The van der Waals surface area contributed by atoms with Gasteiger partial charge >= 0.3 is 0 Å². The Kier molecular flexibility index (Phi) is 8.68. The van der Waals surface area contributed by atoms with Crippen LogP contribution in [0.1, 0.15) is 60.3 Å². The summed E-state index contributed by atoms with van der Waals surface area (Å²) in [7, 11) is 2.19. The van der Waals surface area contributed by atoms with Crippen LogP contribution in [0.5, 0.6) is 0 Å². The van der Waals surface area contributed by atoms with Crippen LogP contribution in [0.4, 0.5) is 0 Å². The Hall–Kier alpha value is -0.650. The van der Waals surface area contributed by atoms with Gasteiger partial charge < -0.3 is 19.7 Å². The summed E-state index contributed by atoms with van der Waals surface area (Å²) in [6, 6.07) is 0. The van der Waals surface area contributed by atoms with Gasteiger partial charge in [-0.3, -0.25) is 4.79 Å². The van der Waals surface area contributed by atoms with Crippen LogP contribution in [0, 0.1) is 5.92 Å². The molecule has 5 heteroatoms. The molecule has 0 aliphatic carbocycles. The van der Waals surface area contributed by atoms with Gasteiger partial charge in [0.25, 0.3) is 0 Å². The molecule has 1 aliphatic heterocycles. The van der Waals surface area contributed by atoms with Gasteiger partial charge in [0.15, 0.2) is 0 Å². The normalized spacial score (nSPS) is 20.2. The summed E-state index contributed by atoms with van der Waals surface area (Å²) in [4.78, 5) is 13.3. The molecule has 142 valence electrons. The van der Waals surface area contributed by atoms with Crippen LogP contribution < -0.4 is 5.32 Å². The van der Waals surface area contributed by atoms with Gasteiger partial charge in [0.1, 0.15) is 0 Å². The number of rotatable bonds is 10. The average molecular weight is 343 g/mol. The van der Waals surface area contributed by atoms with E-state index in [0.717, 1.165) is 26.0 Å². The molecule has 1 aliphatic rings. The number of hydrogen-bond acceptors (Lipinski definition) is 4. The molecule has 1 atom stereocenters. The van der Waals surface area contributed by atoms with Crippen LogP contribution in [0.2, 0.25) is 0 Å². The zero-order valence-electron chi connectivity index (χ0n) is 16.6. The third kappa shape index (κ3) is 9.60. The molecule has 1 fully saturated rings. The van der Waals surface area contributed by atoms with Crippen LogP contribution in [-0.2, 0) is 14.3 Å². The molecule has 0 radical (unpaired) electrons. The molecular weight excluding hydrogens is 304 g/mol. The summed E-state index contributed by atoms with van der Waals surface area (Å²) in [5, 5.41) is 2.82. The second-order valence-electron chi connectivity index (χ2n) is 8.43. The third-order valence-electron chi connectivity index (χ3n) is 4.73. The molecule has 0 spiro atoms. The van der Waals surface area contributed by atoms with E-state index in [1.54, 1.807) is 0 Å². The lowest BCUT2D eigenvalue weighted by Gasteiger charge is -2.34. The van der Waals surface area contributed by atoms with E-state index in [1.165, 1.54) is 26.3 Å². The first-order valence-electron chi connectivity index (χ1n) is 9.30. The number of amides is 1. The first-order chi connectivity index (χ1) is 11.1. The monoisotopic (exact) mass is 342 g/mol. The lowest BCUT2D eigenvalue weighted by atomic mass is 9.98. The van der Waals surface area contributed by atoms with Gasteiger partial charge in [0.05, 0.1) is 24.4 Å². The summed E-state index contributed by atoms with van der Waals surface area (Å²) in [6.45, 7) is 14.5. The van der Waals surface area contributed by atoms with E-state index in [2.05, 4.69) is 45.0 Å². The second kappa shape index (κ2) is 9.73. The number of hydrogen-bond donors (Lipinski definition) is 1. The van der Waals surface area contributed by atoms with E-state index in [1.807, 2.05) is 0 Å². The maximum atomic E-state index is 10.9. The molecule has 0 aromatic rings. The molecule has 1 amide bonds. The maximum Gasteiger partial charge on any atom is 0.216 e. The van der Waals surface area contributed by atoms with E-state index in [0.29, 0.717) is 19.1 Å². The second-order valence-corrected chi connectivity index (χ2v) is 8.43. The highest BCUT2D eigenvalue weighted by molar-refractivity contribution is 5.72. The topological polar surface area (TPSA) is 50.8 Å². The Balaban J connectivity index is 2.22. The van der Waals surface area contributed by atoms with Crippen molar-refractivity contribution in [2.24, 2.45) is 5.92 Å². The van der Waals surface area contributed by atoms with Crippen LogP contribution in [0.15, 0.2) is 0 Å². The minimum Gasteiger partial charge on any atom is -0.375 e. The molecule has 0 aromatic carbocycles. The molecule has 1 saturated heterocycles. The third-order valence-corrected chi connectivity index (χ3v) is 4.73. The number of ether oxygens (including phenoxy) is 2. The Morgan fingerprint density at radius 3 is 2.46 bits per heavy atom. The van der Waals surface area contributed by atoms with Crippen molar-refractivity contribution in [2.45, 2.75) is 71.5 Å². The zero-order valence-corrected chi connectivity index (χ0v) is 16.6. The molecule has 5 nitrogen and oxygen atoms in total. The largest absolute Gasteiger partial charge is 0.375 e. The molecule has 0 aromatic heterocycles. The van der Waals surface area contributed by atoms with E-state index < -0.39 is 0 Å². The number of likely N-dealkylation sites (tertiary alicyclic amines) is 1. The predicted molar refractivity (Wildman–Crippen MR) is 98.2 cm³/mol. The summed E-state index contributed by atoms with van der Waals surface area (Å²) in [5.74, 6) is 0.659. The van der Waals surface area contributed by atoms with Crippen molar-refractivity contribution in [1.82, 2.24) is 10.2 Å². The van der Waals surface area contributed by atoms with Crippen LogP contribution >= 0.6 is 0 Å². The van der Waals surface area contributed by atoms with Crippen molar-refractivity contribution in [2.75, 3.05) is 39.9 Å². The summed E-state index contributed by atoms with van der Waals surface area (Å²) in [6.07, 6.45) is 4.23. The predicted octanol–water partition coefficient (Wildman–Crippen LogP) is 2.83. The van der Waals surface area contributed by atoms with Crippen molar-refractivity contribution < 1.29 is 14.3 Å². The number of carbonyl (C=O) groups is 1. The highest BCUT2D eigenvalue weighted by Crippen LogP contribution is 2.22. The van der Waals surface area contributed by atoms with Gasteiger partial charge in [0, 0.05) is 20.0 Å². The van der Waals surface area contributed by atoms with Crippen molar-refractivity contribution in [3.63, 3.8) is 0 Å². The highest BCUT2D eigenvalue weighted by Gasteiger charge is 2.25. The number of carbonyl (C=O) groups excluding carboxylic acids is 1. The Labute approximate surface area is 148 Å². The SMILES string of the molecule is CC(=O)NCCC(C)(C)OCCC(C)(C)OCC1CCCN(C)C1. The van der Waals surface area contributed by atoms with Crippen molar-refractivity contribution in [1.29, 1.82) is 0 Å². The summed E-state index contributed by atoms with van der Waals surface area (Å²) in [5.41, 5.74) is -0.394. The number of piperidine rings is 1. The summed E-state index contributed by atoms with van der Waals surface area (Å²) >= 11 is 0. The van der Waals surface area contributed by atoms with E-state index in [9.17, 15) is 4.79 Å². The minimum absolute atomic E-state index is 0.00805. The Bertz CT molecular complexity index is 383. The molecular formula is C19H38N2O3. The summed E-state index contributed by atoms with van der Waals surface area (Å²) < 4.78 is 12.2. The molecule has 0 bridgehead atoms. The van der Waals surface area contributed by atoms with Gasteiger partial charge in [0.2, 0.25) is 5.91 Å². The minimum atomic E-state index is -0.232. The first-order valence-corrected chi connectivity index (χ1v) is 9.30. The van der Waals surface area contributed by atoms with Gasteiger partial charge in [-0.25, -0.2) is 0 Å². The Morgan fingerprint density at radius 1 is 1.17 bits per heavy atom.